The number of benzene rings is 1. The fourth-order valence-corrected chi connectivity index (χ4v) is 2.02. The number of rotatable bonds is 3. The number of nitrogens with zero attached hydrogens (tertiary/aromatic N) is 1. The molecule has 2 rings (SSSR count). The van der Waals surface area contributed by atoms with E-state index < -0.39 is 10.7 Å². The molecule has 2 unspecified atom stereocenters. The molecule has 1 heterocycles. The molecule has 0 radical (unpaired) electrons. The molecular weight excluding hydrogens is 239 g/mol. The topological polar surface area (TPSA) is 64.4 Å². The maximum atomic E-state index is 13.2. The van der Waals surface area contributed by atoms with Crippen LogP contribution in [0.2, 0.25) is 0 Å². The number of nitro benzene ring substituents is 1. The van der Waals surface area contributed by atoms with Crippen LogP contribution in [-0.2, 0) is 0 Å². The minimum atomic E-state index is -0.657. The first-order valence-corrected chi connectivity index (χ1v) is 5.88. The SMILES string of the molecule is CC1CCNCC1Oc1cc(F)cc([N+](=O)[O-])c1. The van der Waals surface area contributed by atoms with E-state index in [2.05, 4.69) is 12.2 Å². The molecule has 0 aromatic heterocycles. The Bertz CT molecular complexity index is 453. The number of non-ortho nitro benzene ring substituents is 1. The highest BCUT2D eigenvalue weighted by molar-refractivity contribution is 5.39. The third-order valence-electron chi connectivity index (χ3n) is 3.11. The second kappa shape index (κ2) is 5.30. The van der Waals surface area contributed by atoms with Crippen LogP contribution in [0, 0.1) is 21.8 Å². The molecule has 0 aliphatic carbocycles. The molecule has 0 bridgehead atoms. The van der Waals surface area contributed by atoms with Crippen molar-refractivity contribution in [3.63, 3.8) is 0 Å². The van der Waals surface area contributed by atoms with E-state index in [4.69, 9.17) is 4.74 Å². The summed E-state index contributed by atoms with van der Waals surface area (Å²) >= 11 is 0. The smallest absolute Gasteiger partial charge is 0.276 e. The Kier molecular flexibility index (Phi) is 3.76. The van der Waals surface area contributed by atoms with E-state index in [0.29, 0.717) is 12.5 Å². The average molecular weight is 254 g/mol. The average Bonchev–Trinajstić information content (AvgIpc) is 2.31. The lowest BCUT2D eigenvalue weighted by molar-refractivity contribution is -0.385. The van der Waals surface area contributed by atoms with E-state index in [1.165, 1.54) is 12.1 Å². The molecule has 1 aliphatic rings. The first-order valence-electron chi connectivity index (χ1n) is 5.88. The largest absolute Gasteiger partial charge is 0.488 e. The van der Waals surface area contributed by atoms with Crippen LogP contribution in [-0.4, -0.2) is 24.1 Å². The van der Waals surface area contributed by atoms with E-state index in [1.807, 2.05) is 0 Å². The van der Waals surface area contributed by atoms with Crippen molar-refractivity contribution in [2.45, 2.75) is 19.4 Å². The maximum absolute atomic E-state index is 13.2. The molecule has 18 heavy (non-hydrogen) atoms. The molecule has 1 saturated heterocycles. The van der Waals surface area contributed by atoms with Crippen molar-refractivity contribution in [1.29, 1.82) is 0 Å². The summed E-state index contributed by atoms with van der Waals surface area (Å²) in [5.74, 6) is -0.105. The molecular formula is C12H15FN2O3. The zero-order valence-electron chi connectivity index (χ0n) is 10.1. The summed E-state index contributed by atoms with van der Waals surface area (Å²) in [6.45, 7) is 3.66. The maximum Gasteiger partial charge on any atom is 0.276 e. The molecule has 6 heteroatoms. The van der Waals surface area contributed by atoms with Crippen LogP contribution < -0.4 is 10.1 Å². The van der Waals surface area contributed by atoms with Crippen molar-refractivity contribution in [2.75, 3.05) is 13.1 Å². The second-order valence-corrected chi connectivity index (χ2v) is 4.53. The van der Waals surface area contributed by atoms with Crippen LogP contribution in [0.5, 0.6) is 5.75 Å². The highest BCUT2D eigenvalue weighted by Crippen LogP contribution is 2.25. The van der Waals surface area contributed by atoms with Crippen LogP contribution in [0.4, 0.5) is 10.1 Å². The molecule has 2 atom stereocenters. The van der Waals surface area contributed by atoms with Crippen LogP contribution >= 0.6 is 0 Å². The fourth-order valence-electron chi connectivity index (χ4n) is 2.02. The molecule has 1 aliphatic heterocycles. The molecule has 1 N–H and O–H groups in total. The van der Waals surface area contributed by atoms with E-state index >= 15 is 0 Å². The van der Waals surface area contributed by atoms with Crippen molar-refractivity contribution in [1.82, 2.24) is 5.32 Å². The van der Waals surface area contributed by atoms with Gasteiger partial charge in [-0.15, -0.1) is 0 Å². The van der Waals surface area contributed by atoms with Crippen LogP contribution in [0.25, 0.3) is 0 Å². The molecule has 98 valence electrons. The van der Waals surface area contributed by atoms with Gasteiger partial charge in [-0.2, -0.15) is 0 Å². The number of nitrogens with one attached hydrogen (secondary N) is 1. The van der Waals surface area contributed by atoms with E-state index in [9.17, 15) is 14.5 Å². The third-order valence-corrected chi connectivity index (χ3v) is 3.11. The van der Waals surface area contributed by atoms with Crippen molar-refractivity contribution in [2.24, 2.45) is 5.92 Å². The molecule has 0 spiro atoms. The summed E-state index contributed by atoms with van der Waals surface area (Å²) in [5, 5.41) is 13.8. The monoisotopic (exact) mass is 254 g/mol. The lowest BCUT2D eigenvalue weighted by Gasteiger charge is -2.29. The number of piperidine rings is 1. The first-order chi connectivity index (χ1) is 8.56. The Morgan fingerprint density at radius 2 is 2.28 bits per heavy atom. The number of hydrogen-bond donors (Lipinski definition) is 1. The summed E-state index contributed by atoms with van der Waals surface area (Å²) < 4.78 is 18.9. The van der Waals surface area contributed by atoms with Crippen LogP contribution in [0.1, 0.15) is 13.3 Å². The summed E-state index contributed by atoms with van der Waals surface area (Å²) in [7, 11) is 0. The Morgan fingerprint density at radius 3 is 2.94 bits per heavy atom. The van der Waals surface area contributed by atoms with Gasteiger partial charge in [0.15, 0.2) is 0 Å². The van der Waals surface area contributed by atoms with E-state index in [0.717, 1.165) is 19.0 Å². The van der Waals surface area contributed by atoms with Gasteiger partial charge in [0.25, 0.3) is 5.69 Å². The van der Waals surface area contributed by atoms with Crippen molar-refractivity contribution in [3.05, 3.63) is 34.1 Å². The predicted octanol–water partition coefficient (Wildman–Crippen LogP) is 2.11. The lowest BCUT2D eigenvalue weighted by Crippen LogP contribution is -2.42. The molecule has 0 amide bonds. The Balaban J connectivity index is 2.15. The van der Waals surface area contributed by atoms with E-state index in [1.54, 1.807) is 0 Å². The Labute approximate surface area is 104 Å². The van der Waals surface area contributed by atoms with Gasteiger partial charge in [0, 0.05) is 12.6 Å². The Morgan fingerprint density at radius 1 is 1.50 bits per heavy atom. The molecule has 1 fully saturated rings. The zero-order valence-corrected chi connectivity index (χ0v) is 10.1. The summed E-state index contributed by atoms with van der Waals surface area (Å²) in [4.78, 5) is 10.0. The second-order valence-electron chi connectivity index (χ2n) is 4.53. The molecule has 0 saturated carbocycles. The van der Waals surface area contributed by atoms with Crippen LogP contribution in [0.15, 0.2) is 18.2 Å². The quantitative estimate of drug-likeness (QED) is 0.662. The van der Waals surface area contributed by atoms with Gasteiger partial charge < -0.3 is 10.1 Å². The molecule has 1 aromatic rings. The Hall–Kier alpha value is -1.69. The minimum absolute atomic E-state index is 0.0832. The highest BCUT2D eigenvalue weighted by Gasteiger charge is 2.23. The van der Waals surface area contributed by atoms with Gasteiger partial charge in [-0.1, -0.05) is 6.92 Å². The van der Waals surface area contributed by atoms with Gasteiger partial charge in [0.1, 0.15) is 17.7 Å². The minimum Gasteiger partial charge on any atom is -0.488 e. The van der Waals surface area contributed by atoms with Gasteiger partial charge in [-0.05, 0) is 18.9 Å². The van der Waals surface area contributed by atoms with Gasteiger partial charge >= 0.3 is 0 Å². The standard InChI is InChI=1S/C12H15FN2O3/c1-8-2-3-14-7-12(8)18-11-5-9(13)4-10(6-11)15(16)17/h4-6,8,12,14H,2-3,7H2,1H3. The van der Waals surface area contributed by atoms with Crippen molar-refractivity contribution in [3.8, 4) is 5.75 Å². The number of halogens is 1. The molecule has 1 aromatic carbocycles. The van der Waals surface area contributed by atoms with Crippen LogP contribution in [0.3, 0.4) is 0 Å². The van der Waals surface area contributed by atoms with Gasteiger partial charge in [-0.3, -0.25) is 10.1 Å². The lowest BCUT2D eigenvalue weighted by atomic mass is 9.97. The van der Waals surface area contributed by atoms with Gasteiger partial charge in [0.2, 0.25) is 0 Å². The van der Waals surface area contributed by atoms with Gasteiger partial charge in [0.05, 0.1) is 17.1 Å². The normalized spacial score (nSPS) is 23.7. The molecule has 5 nitrogen and oxygen atoms in total. The van der Waals surface area contributed by atoms with Crippen molar-refractivity contribution < 1.29 is 14.1 Å². The first kappa shape index (κ1) is 12.8. The fraction of sp³-hybridized carbons (Fsp3) is 0.500. The van der Waals surface area contributed by atoms with Gasteiger partial charge in [-0.25, -0.2) is 4.39 Å². The highest BCUT2D eigenvalue weighted by atomic mass is 19.1. The summed E-state index contributed by atoms with van der Waals surface area (Å²) in [6, 6.07) is 3.31. The third kappa shape index (κ3) is 2.95. The number of nitro groups is 1. The number of hydrogen-bond acceptors (Lipinski definition) is 4. The number of ether oxygens (including phenoxy) is 1. The summed E-state index contributed by atoms with van der Waals surface area (Å²) in [6.07, 6.45) is 0.891. The summed E-state index contributed by atoms with van der Waals surface area (Å²) in [5.41, 5.74) is -0.290. The predicted molar refractivity (Wildman–Crippen MR) is 64.1 cm³/mol. The van der Waals surface area contributed by atoms with E-state index in [-0.39, 0.29) is 17.5 Å². The van der Waals surface area contributed by atoms with Crippen molar-refractivity contribution >= 4 is 5.69 Å². The zero-order chi connectivity index (χ0) is 13.1.